The molecule has 2 aliphatic carbocycles. The molecule has 9 heteroatoms. The fourth-order valence-electron chi connectivity index (χ4n) is 6.10. The number of piperidine rings is 1. The van der Waals surface area contributed by atoms with Crippen molar-refractivity contribution in [2.45, 2.75) is 62.7 Å². The van der Waals surface area contributed by atoms with Crippen LogP contribution in [0.15, 0.2) is 28.0 Å². The summed E-state index contributed by atoms with van der Waals surface area (Å²) in [6.07, 6.45) is 6.43. The van der Waals surface area contributed by atoms with Crippen molar-refractivity contribution in [3.05, 3.63) is 24.2 Å². The summed E-state index contributed by atoms with van der Waals surface area (Å²) in [5.74, 6) is -3.29. The van der Waals surface area contributed by atoms with Crippen LogP contribution in [0, 0.1) is 23.7 Å². The Morgan fingerprint density at radius 2 is 2.06 bits per heavy atom. The Morgan fingerprint density at radius 3 is 2.66 bits per heavy atom. The van der Waals surface area contributed by atoms with Gasteiger partial charge in [-0.2, -0.15) is 0 Å². The molecule has 1 aromatic heterocycles. The maximum absolute atomic E-state index is 15.7. The quantitative estimate of drug-likeness (QED) is 0.724. The molecule has 1 aromatic rings. The van der Waals surface area contributed by atoms with Crippen molar-refractivity contribution in [2.75, 3.05) is 13.1 Å². The van der Waals surface area contributed by atoms with Gasteiger partial charge in [-0.25, -0.2) is 8.78 Å². The predicted molar refractivity (Wildman–Crippen MR) is 118 cm³/mol. The van der Waals surface area contributed by atoms with Crippen molar-refractivity contribution < 1.29 is 22.8 Å². The van der Waals surface area contributed by atoms with Crippen molar-refractivity contribution in [1.29, 1.82) is 0 Å². The largest absolute Gasteiger partial charge is 0.472 e. The summed E-state index contributed by atoms with van der Waals surface area (Å²) >= 11 is 0.889. The van der Waals surface area contributed by atoms with E-state index >= 15 is 8.78 Å². The van der Waals surface area contributed by atoms with Crippen LogP contribution in [-0.2, 0) is 4.79 Å². The van der Waals surface area contributed by atoms with Gasteiger partial charge in [0.05, 0.1) is 17.9 Å². The van der Waals surface area contributed by atoms with Gasteiger partial charge in [-0.05, 0) is 62.8 Å². The second-order valence-electron chi connectivity index (χ2n) is 9.89. The van der Waals surface area contributed by atoms with Crippen LogP contribution in [0.4, 0.5) is 8.78 Å². The summed E-state index contributed by atoms with van der Waals surface area (Å²) in [5, 5.41) is 3.00. The Morgan fingerprint density at radius 1 is 1.31 bits per heavy atom. The number of thioether (sulfide) groups is 1. The van der Waals surface area contributed by atoms with Gasteiger partial charge in [-0.15, -0.1) is 0 Å². The molecule has 32 heavy (non-hydrogen) atoms. The minimum atomic E-state index is -3.22. The fourth-order valence-corrected chi connectivity index (χ4v) is 7.27. The van der Waals surface area contributed by atoms with Gasteiger partial charge in [0, 0.05) is 19.0 Å². The number of amides is 2. The monoisotopic (exact) mass is 465 g/mol. The topological polar surface area (TPSA) is 74.9 Å². The van der Waals surface area contributed by atoms with Crippen molar-refractivity contribution in [1.82, 2.24) is 10.2 Å². The highest BCUT2D eigenvalue weighted by molar-refractivity contribution is 8.16. The van der Waals surface area contributed by atoms with Crippen molar-refractivity contribution in [3.63, 3.8) is 0 Å². The summed E-state index contributed by atoms with van der Waals surface area (Å²) in [6, 6.07) is 1.70. The molecule has 2 aliphatic heterocycles. The van der Waals surface area contributed by atoms with E-state index in [4.69, 9.17) is 9.41 Å². The number of carbonyl (C=O) groups is 2. The minimum Gasteiger partial charge on any atom is -0.472 e. The van der Waals surface area contributed by atoms with E-state index in [1.54, 1.807) is 11.0 Å². The molecule has 4 fully saturated rings. The molecular weight excluding hydrogens is 436 g/mol. The molecule has 2 bridgehead atoms. The minimum absolute atomic E-state index is 0.125. The lowest BCUT2D eigenvalue weighted by atomic mass is 9.82. The molecule has 0 radical (unpaired) electrons. The number of amidine groups is 1. The highest BCUT2D eigenvalue weighted by Gasteiger charge is 2.64. The van der Waals surface area contributed by atoms with Gasteiger partial charge in [0.1, 0.15) is 6.26 Å². The number of rotatable bonds is 4. The molecule has 0 spiro atoms. The van der Waals surface area contributed by atoms with Gasteiger partial charge < -0.3 is 14.6 Å². The van der Waals surface area contributed by atoms with E-state index in [1.165, 1.54) is 25.9 Å². The zero-order valence-corrected chi connectivity index (χ0v) is 19.2. The lowest BCUT2D eigenvalue weighted by Gasteiger charge is -2.40. The number of aliphatic imine (C=N–C) groups is 1. The normalized spacial score (nSPS) is 36.8. The van der Waals surface area contributed by atoms with E-state index in [9.17, 15) is 9.59 Å². The maximum Gasteiger partial charge on any atom is 0.274 e. The van der Waals surface area contributed by atoms with Crippen LogP contribution in [0.25, 0.3) is 0 Å². The third-order valence-electron chi connectivity index (χ3n) is 8.26. The van der Waals surface area contributed by atoms with E-state index in [2.05, 4.69) is 12.2 Å². The molecule has 6 nitrogen and oxygen atoms in total. The highest BCUT2D eigenvalue weighted by Crippen LogP contribution is 2.53. The lowest BCUT2D eigenvalue weighted by molar-refractivity contribution is -0.142. The van der Waals surface area contributed by atoms with E-state index in [0.717, 1.165) is 24.6 Å². The SMILES string of the molecule is C[C@H]1C2CC[C@H]1C[C@@H]2N=C1NC(=O)C(C)(C(F)(F)C2CCN(C(=O)c3ccoc3)CC2)S1. The summed E-state index contributed by atoms with van der Waals surface area (Å²) in [4.78, 5) is 31.5. The van der Waals surface area contributed by atoms with Crippen LogP contribution in [0.2, 0.25) is 0 Å². The first kappa shape index (κ1) is 21.9. The molecule has 2 saturated heterocycles. The van der Waals surface area contributed by atoms with E-state index in [-0.39, 0.29) is 37.9 Å². The van der Waals surface area contributed by atoms with Gasteiger partial charge >= 0.3 is 0 Å². The van der Waals surface area contributed by atoms with Crippen molar-refractivity contribution in [3.8, 4) is 0 Å². The predicted octanol–water partition coefficient (Wildman–Crippen LogP) is 4.18. The number of alkyl halides is 2. The number of carbonyl (C=O) groups excluding carboxylic acids is 2. The summed E-state index contributed by atoms with van der Waals surface area (Å²) in [7, 11) is 0. The van der Waals surface area contributed by atoms with Crippen LogP contribution in [0.1, 0.15) is 56.3 Å². The Kier molecular flexibility index (Phi) is 5.38. The summed E-state index contributed by atoms with van der Waals surface area (Å²) < 4.78 is 34.4. The molecule has 5 rings (SSSR count). The van der Waals surface area contributed by atoms with Crippen molar-refractivity contribution in [2.24, 2.45) is 28.7 Å². The van der Waals surface area contributed by atoms with Crippen LogP contribution in [0.5, 0.6) is 0 Å². The average molecular weight is 466 g/mol. The molecule has 5 atom stereocenters. The van der Waals surface area contributed by atoms with Gasteiger partial charge in [0.2, 0.25) is 5.91 Å². The van der Waals surface area contributed by atoms with Crippen molar-refractivity contribution >= 4 is 28.7 Å². The third-order valence-corrected chi connectivity index (χ3v) is 9.53. The molecule has 174 valence electrons. The Bertz CT molecular complexity index is 929. The Balaban J connectivity index is 1.26. The molecule has 1 N–H and O–H groups in total. The number of fused-ring (bicyclic) bond motifs is 2. The van der Waals surface area contributed by atoms with Crippen LogP contribution in [-0.4, -0.2) is 51.7 Å². The molecule has 2 saturated carbocycles. The lowest BCUT2D eigenvalue weighted by Crippen LogP contribution is -2.55. The van der Waals surface area contributed by atoms with Crippen LogP contribution >= 0.6 is 11.8 Å². The smallest absolute Gasteiger partial charge is 0.274 e. The number of likely N-dealkylation sites (tertiary alicyclic amines) is 1. The summed E-state index contributed by atoms with van der Waals surface area (Å²) in [6.45, 7) is 4.06. The molecular formula is C23H29F2N3O3S. The standard InChI is InChI=1S/C23H29F2N3O3S/c1-13-14-3-4-17(13)18(11-14)26-21-27-20(30)22(2,32-21)23(24,25)16-5-8-28(9-6-16)19(29)15-7-10-31-12-15/h7,10,12-14,16-18H,3-6,8-9,11H2,1-2H3,(H,26,27,30)/t13-,14+,17?,18+,22?/m1/s1. The first-order valence-corrected chi connectivity index (χ1v) is 12.3. The first-order chi connectivity index (χ1) is 15.2. The van der Waals surface area contributed by atoms with Gasteiger partial charge in [0.25, 0.3) is 11.8 Å². The first-order valence-electron chi connectivity index (χ1n) is 11.5. The highest BCUT2D eigenvalue weighted by atomic mass is 32.2. The second-order valence-corrected chi connectivity index (χ2v) is 11.3. The molecule has 0 aromatic carbocycles. The molecule has 3 heterocycles. The zero-order chi connectivity index (χ0) is 22.7. The Labute approximate surface area is 190 Å². The number of halogens is 2. The van der Waals surface area contributed by atoms with Gasteiger partial charge in [0.15, 0.2) is 9.91 Å². The van der Waals surface area contributed by atoms with E-state index in [0.29, 0.717) is 28.5 Å². The van der Waals surface area contributed by atoms with Gasteiger partial charge in [-0.3, -0.25) is 14.6 Å². The maximum atomic E-state index is 15.7. The number of furan rings is 1. The third kappa shape index (κ3) is 3.38. The van der Waals surface area contributed by atoms with E-state index < -0.39 is 22.5 Å². The molecule has 2 unspecified atom stereocenters. The summed E-state index contributed by atoms with van der Waals surface area (Å²) in [5.41, 5.74) is 0.420. The van der Waals surface area contributed by atoms with Gasteiger partial charge in [-0.1, -0.05) is 18.7 Å². The Hall–Kier alpha value is -1.90. The molecule has 4 aliphatic rings. The van der Waals surface area contributed by atoms with Crippen LogP contribution in [0.3, 0.4) is 0 Å². The number of hydrogen-bond acceptors (Lipinski definition) is 5. The molecule has 2 amide bonds. The number of nitrogens with zero attached hydrogens (tertiary/aromatic N) is 2. The number of nitrogens with one attached hydrogen (secondary N) is 1. The van der Waals surface area contributed by atoms with Crippen LogP contribution < -0.4 is 5.32 Å². The average Bonchev–Trinajstić information content (AvgIpc) is 3.54. The van der Waals surface area contributed by atoms with E-state index in [1.807, 2.05) is 0 Å². The second kappa shape index (κ2) is 7.85. The number of hydrogen-bond donors (Lipinski definition) is 1. The zero-order valence-electron chi connectivity index (χ0n) is 18.4. The fraction of sp³-hybridized carbons (Fsp3) is 0.696.